The normalized spacial score (nSPS) is 21.9. The van der Waals surface area contributed by atoms with Crippen LogP contribution >= 0.6 is 7.82 Å². The van der Waals surface area contributed by atoms with Gasteiger partial charge in [-0.05, 0) is 77.0 Å². The van der Waals surface area contributed by atoms with E-state index in [-0.39, 0.29) is 13.0 Å². The average Bonchev–Trinajstić information content (AvgIpc) is 3.30. The molecule has 1 aliphatic carbocycles. The second kappa shape index (κ2) is 43.1. The van der Waals surface area contributed by atoms with Crippen LogP contribution in [0, 0.1) is 0 Å². The topological polar surface area (TPSA) is 192 Å². The van der Waals surface area contributed by atoms with Crippen molar-refractivity contribution in [3.8, 4) is 0 Å². The summed E-state index contributed by atoms with van der Waals surface area (Å²) in [6.45, 7) is 4.14. The molecule has 0 heterocycles. The van der Waals surface area contributed by atoms with Gasteiger partial charge < -0.3 is 39.9 Å². The maximum Gasteiger partial charge on any atom is 0.472 e. The lowest BCUT2D eigenvalue weighted by molar-refractivity contribution is -0.220. The molecular weight excluding hydrogens is 860 g/mol. The van der Waals surface area contributed by atoms with Gasteiger partial charge in [0, 0.05) is 13.0 Å². The van der Waals surface area contributed by atoms with E-state index in [9.17, 15) is 39.8 Å². The first-order valence-corrected chi connectivity index (χ1v) is 27.6. The zero-order valence-electron chi connectivity index (χ0n) is 41.2. The van der Waals surface area contributed by atoms with Gasteiger partial charge in [0.15, 0.2) is 0 Å². The van der Waals surface area contributed by atoms with Gasteiger partial charge in [0.2, 0.25) is 0 Å². The van der Waals surface area contributed by atoms with Gasteiger partial charge in [-0.1, -0.05) is 184 Å². The number of hydrogen-bond donors (Lipinski definition) is 6. The first-order chi connectivity index (χ1) is 32.0. The summed E-state index contributed by atoms with van der Waals surface area (Å²) in [5.74, 6) is -0.487. The van der Waals surface area contributed by atoms with Gasteiger partial charge in [0.1, 0.15) is 42.7 Å². The minimum Gasteiger partial charge on any atom is -0.457 e. The number of unbranched alkanes of at least 4 members (excludes halogenated alkanes) is 22. The molecule has 0 aromatic rings. The van der Waals surface area contributed by atoms with Gasteiger partial charge in [0.05, 0.1) is 13.2 Å². The van der Waals surface area contributed by atoms with Crippen LogP contribution in [0.4, 0.5) is 0 Å². The molecule has 1 rings (SSSR count). The number of esters is 1. The summed E-state index contributed by atoms with van der Waals surface area (Å²) >= 11 is 0. The number of allylic oxidation sites excluding steroid dienone is 10. The number of aliphatic hydroxyl groups is 5. The second-order valence-corrected chi connectivity index (χ2v) is 19.4. The summed E-state index contributed by atoms with van der Waals surface area (Å²) in [5.41, 5.74) is 0. The maximum atomic E-state index is 12.9. The highest BCUT2D eigenvalue weighted by Gasteiger charge is 2.51. The van der Waals surface area contributed by atoms with Crippen molar-refractivity contribution >= 4 is 13.8 Å². The van der Waals surface area contributed by atoms with Crippen molar-refractivity contribution in [2.24, 2.45) is 0 Å². The predicted molar refractivity (Wildman–Crippen MR) is 267 cm³/mol. The predicted octanol–water partition coefficient (Wildman–Crippen LogP) is 11.8. The molecule has 6 N–H and O–H groups in total. The van der Waals surface area contributed by atoms with E-state index in [1.807, 2.05) is 0 Å². The maximum absolute atomic E-state index is 12.9. The Balaban J connectivity index is 2.34. The third kappa shape index (κ3) is 34.3. The summed E-state index contributed by atoms with van der Waals surface area (Å²) in [5, 5.41) is 50.3. The quantitative estimate of drug-likeness (QED) is 0.0147. The molecule has 66 heavy (non-hydrogen) atoms. The van der Waals surface area contributed by atoms with Crippen molar-refractivity contribution in [1.29, 1.82) is 0 Å². The van der Waals surface area contributed by atoms with E-state index in [1.54, 1.807) is 0 Å². The van der Waals surface area contributed by atoms with E-state index in [0.29, 0.717) is 13.0 Å². The van der Waals surface area contributed by atoms with Gasteiger partial charge in [-0.25, -0.2) is 4.57 Å². The number of carbonyl (C=O) groups excluding carboxylic acids is 1. The van der Waals surface area contributed by atoms with Crippen LogP contribution in [0.2, 0.25) is 0 Å². The Hall–Kier alpha value is -1.96. The number of ether oxygens (including phenoxy) is 2. The molecule has 13 heteroatoms. The van der Waals surface area contributed by atoms with Crippen LogP contribution in [-0.2, 0) is 27.9 Å². The van der Waals surface area contributed by atoms with Crippen LogP contribution in [0.25, 0.3) is 0 Å². The molecule has 0 aromatic carbocycles. The Morgan fingerprint density at radius 2 is 0.894 bits per heavy atom. The standard InChI is InChI=1S/C53H95O12P/c1-3-5-7-9-11-13-15-17-19-21-23-24-25-26-28-30-32-34-36-38-40-42-47(54)64-46(45-63-66(60,61)65-53-51(58)49(56)48(55)50(57)52(53)59)44-62-43-41-39-37-35-33-31-29-27-22-20-18-16-14-12-10-8-6-4-2/h5,7,11,13,17-20,23-24,46,48-53,55-59H,3-4,6,8-10,12,14-16,21-22,25-45H2,1-2H3,(H,60,61)/b7-5-,13-11-,19-17-,20-18-,24-23-. The van der Waals surface area contributed by atoms with Crippen molar-refractivity contribution in [2.45, 2.75) is 249 Å². The zero-order valence-corrected chi connectivity index (χ0v) is 42.1. The molecule has 0 aromatic heterocycles. The fourth-order valence-electron chi connectivity index (χ4n) is 7.75. The Labute approximate surface area is 400 Å². The number of hydrogen-bond acceptors (Lipinski definition) is 11. The fraction of sp³-hybridized carbons (Fsp3) is 0.792. The van der Waals surface area contributed by atoms with E-state index in [2.05, 4.69) is 74.6 Å². The third-order valence-electron chi connectivity index (χ3n) is 11.9. The minimum absolute atomic E-state index is 0.0836. The molecular formula is C53H95O12P. The van der Waals surface area contributed by atoms with Crippen LogP contribution in [0.5, 0.6) is 0 Å². The number of aliphatic hydroxyl groups excluding tert-OH is 5. The number of phosphoric ester groups is 1. The molecule has 0 spiro atoms. The highest BCUT2D eigenvalue weighted by Crippen LogP contribution is 2.47. The summed E-state index contributed by atoms with van der Waals surface area (Å²) < 4.78 is 34.3. The Morgan fingerprint density at radius 3 is 1.38 bits per heavy atom. The Bertz CT molecular complexity index is 1320. The first kappa shape index (κ1) is 62.1. The smallest absolute Gasteiger partial charge is 0.457 e. The average molecular weight is 955 g/mol. The molecule has 1 fully saturated rings. The lowest BCUT2D eigenvalue weighted by Crippen LogP contribution is -2.64. The summed E-state index contributed by atoms with van der Waals surface area (Å²) in [6, 6.07) is 0. The van der Waals surface area contributed by atoms with Gasteiger partial charge in [-0.15, -0.1) is 0 Å². The van der Waals surface area contributed by atoms with Gasteiger partial charge in [-0.3, -0.25) is 13.8 Å². The van der Waals surface area contributed by atoms with E-state index in [0.717, 1.165) is 77.0 Å². The Kier molecular flexibility index (Phi) is 40.5. The van der Waals surface area contributed by atoms with Crippen LogP contribution in [0.1, 0.15) is 206 Å². The molecule has 1 saturated carbocycles. The lowest BCUT2D eigenvalue weighted by Gasteiger charge is -2.41. The first-order valence-electron chi connectivity index (χ1n) is 26.1. The summed E-state index contributed by atoms with van der Waals surface area (Å²) in [4.78, 5) is 23.3. The van der Waals surface area contributed by atoms with E-state index < -0.39 is 63.1 Å². The molecule has 384 valence electrons. The lowest BCUT2D eigenvalue weighted by atomic mass is 9.85. The summed E-state index contributed by atoms with van der Waals surface area (Å²) in [6.07, 6.45) is 42.8. The molecule has 0 bridgehead atoms. The highest BCUT2D eigenvalue weighted by molar-refractivity contribution is 7.47. The Morgan fingerprint density at radius 1 is 0.500 bits per heavy atom. The van der Waals surface area contributed by atoms with E-state index in [4.69, 9.17) is 18.5 Å². The second-order valence-electron chi connectivity index (χ2n) is 18.0. The fourth-order valence-corrected chi connectivity index (χ4v) is 8.73. The molecule has 0 radical (unpaired) electrons. The van der Waals surface area contributed by atoms with Crippen molar-refractivity contribution in [1.82, 2.24) is 0 Å². The van der Waals surface area contributed by atoms with Crippen molar-refractivity contribution in [2.75, 3.05) is 19.8 Å². The molecule has 0 amide bonds. The molecule has 6 atom stereocenters. The van der Waals surface area contributed by atoms with Gasteiger partial charge >= 0.3 is 13.8 Å². The molecule has 6 unspecified atom stereocenters. The third-order valence-corrected chi connectivity index (χ3v) is 12.9. The highest BCUT2D eigenvalue weighted by atomic mass is 31.2. The van der Waals surface area contributed by atoms with Crippen molar-refractivity contribution in [3.63, 3.8) is 0 Å². The van der Waals surface area contributed by atoms with Crippen LogP contribution < -0.4 is 0 Å². The van der Waals surface area contributed by atoms with Crippen LogP contribution in [0.3, 0.4) is 0 Å². The monoisotopic (exact) mass is 955 g/mol. The zero-order chi connectivity index (χ0) is 48.4. The van der Waals surface area contributed by atoms with Crippen LogP contribution in [0.15, 0.2) is 60.8 Å². The number of rotatable bonds is 44. The van der Waals surface area contributed by atoms with Crippen LogP contribution in [-0.4, -0.2) is 98.9 Å². The number of phosphoric acid groups is 1. The summed E-state index contributed by atoms with van der Waals surface area (Å²) in [7, 11) is -5.03. The SMILES string of the molecule is CC/C=C\C/C=C\C/C=C\C/C=C\CCCCCCCCCCC(=O)OC(COCCCCCCCCCC/C=C\CCCCCCCC)COP(=O)(O)OC1C(O)C(O)C(O)C(O)C1O. The van der Waals surface area contributed by atoms with Crippen molar-refractivity contribution in [3.05, 3.63) is 60.8 Å². The van der Waals surface area contributed by atoms with E-state index >= 15 is 0 Å². The van der Waals surface area contributed by atoms with Crippen molar-refractivity contribution < 1.29 is 58.3 Å². The molecule has 0 saturated heterocycles. The molecule has 1 aliphatic rings. The molecule has 12 nitrogen and oxygen atoms in total. The van der Waals surface area contributed by atoms with E-state index in [1.165, 1.54) is 103 Å². The largest absolute Gasteiger partial charge is 0.472 e. The number of carbonyl (C=O) groups is 1. The van der Waals surface area contributed by atoms with Gasteiger partial charge in [-0.2, -0.15) is 0 Å². The molecule has 0 aliphatic heterocycles. The minimum atomic E-state index is -5.03. The van der Waals surface area contributed by atoms with Gasteiger partial charge in [0.25, 0.3) is 0 Å².